The van der Waals surface area contributed by atoms with Crippen LogP contribution in [0.25, 0.3) is 0 Å². The van der Waals surface area contributed by atoms with E-state index in [1.54, 1.807) is 0 Å². The third kappa shape index (κ3) is 2.50. The van der Waals surface area contributed by atoms with Crippen molar-refractivity contribution in [3.05, 3.63) is 29.6 Å². The molecular weight excluding hydrogens is 299 g/mol. The molecule has 0 amide bonds. The van der Waals surface area contributed by atoms with Crippen LogP contribution in [-0.2, 0) is 14.8 Å². The van der Waals surface area contributed by atoms with Gasteiger partial charge in [0.2, 0.25) is 10.0 Å². The van der Waals surface area contributed by atoms with Crippen molar-refractivity contribution in [2.24, 2.45) is 5.41 Å². The molecule has 20 heavy (non-hydrogen) atoms. The Labute approximate surface area is 112 Å². The van der Waals surface area contributed by atoms with Gasteiger partial charge >= 0.3 is 5.97 Å². The summed E-state index contributed by atoms with van der Waals surface area (Å²) in [5.41, 5.74) is -1.19. The first-order chi connectivity index (χ1) is 9.19. The van der Waals surface area contributed by atoms with Crippen molar-refractivity contribution in [2.45, 2.75) is 17.7 Å². The minimum absolute atomic E-state index is 0.297. The van der Waals surface area contributed by atoms with Crippen LogP contribution in [0.15, 0.2) is 17.0 Å². The van der Waals surface area contributed by atoms with Gasteiger partial charge in [-0.05, 0) is 25.0 Å². The van der Waals surface area contributed by atoms with Crippen LogP contribution in [0, 0.1) is 22.9 Å². The number of rotatable bonds is 5. The van der Waals surface area contributed by atoms with E-state index in [9.17, 15) is 26.4 Å². The first-order valence-corrected chi connectivity index (χ1v) is 7.04. The molecule has 9 heteroatoms. The summed E-state index contributed by atoms with van der Waals surface area (Å²) in [4.78, 5) is 9.83. The van der Waals surface area contributed by atoms with Gasteiger partial charge in [-0.15, -0.1) is 0 Å². The van der Waals surface area contributed by atoms with Gasteiger partial charge in [0.25, 0.3) is 0 Å². The SMILES string of the molecule is O=C(O)C1(CNS(=O)(=O)c2ccc(F)c(F)c2F)CC1. The van der Waals surface area contributed by atoms with Crippen LogP contribution in [0.3, 0.4) is 0 Å². The number of halogens is 3. The van der Waals surface area contributed by atoms with E-state index < -0.39 is 50.3 Å². The highest BCUT2D eigenvalue weighted by atomic mass is 32.2. The van der Waals surface area contributed by atoms with Gasteiger partial charge in [-0.2, -0.15) is 0 Å². The smallest absolute Gasteiger partial charge is 0.310 e. The maximum absolute atomic E-state index is 13.4. The molecule has 1 aliphatic rings. The van der Waals surface area contributed by atoms with E-state index in [4.69, 9.17) is 5.11 Å². The number of nitrogens with one attached hydrogen (secondary N) is 1. The topological polar surface area (TPSA) is 83.5 Å². The van der Waals surface area contributed by atoms with Gasteiger partial charge in [0.05, 0.1) is 5.41 Å². The summed E-state index contributed by atoms with van der Waals surface area (Å²) in [7, 11) is -4.45. The predicted octanol–water partition coefficient (Wildman–Crippen LogP) is 1.25. The van der Waals surface area contributed by atoms with Gasteiger partial charge in [0, 0.05) is 6.54 Å². The second kappa shape index (κ2) is 4.74. The molecule has 0 atom stereocenters. The van der Waals surface area contributed by atoms with Crippen molar-refractivity contribution in [3.8, 4) is 0 Å². The zero-order valence-corrected chi connectivity index (χ0v) is 10.8. The van der Waals surface area contributed by atoms with Gasteiger partial charge in [0.15, 0.2) is 17.5 Å². The minimum Gasteiger partial charge on any atom is -0.481 e. The number of benzene rings is 1. The van der Waals surface area contributed by atoms with E-state index in [1.807, 2.05) is 4.72 Å². The number of hydrogen-bond acceptors (Lipinski definition) is 3. The summed E-state index contributed by atoms with van der Waals surface area (Å²) >= 11 is 0. The molecule has 0 aromatic heterocycles. The highest BCUT2D eigenvalue weighted by Crippen LogP contribution is 2.45. The average molecular weight is 309 g/mol. The Hall–Kier alpha value is -1.61. The maximum Gasteiger partial charge on any atom is 0.310 e. The molecular formula is C11H10F3NO4S. The van der Waals surface area contributed by atoms with Crippen molar-refractivity contribution in [3.63, 3.8) is 0 Å². The molecule has 0 aliphatic heterocycles. The summed E-state index contributed by atoms with van der Waals surface area (Å²) in [6.45, 7) is -0.427. The Balaban J connectivity index is 2.24. The molecule has 5 nitrogen and oxygen atoms in total. The van der Waals surface area contributed by atoms with Gasteiger partial charge in [-0.1, -0.05) is 0 Å². The fraction of sp³-hybridized carbons (Fsp3) is 0.364. The molecule has 1 aromatic carbocycles. The van der Waals surface area contributed by atoms with Crippen LogP contribution in [0.4, 0.5) is 13.2 Å². The Bertz CT molecular complexity index is 670. The van der Waals surface area contributed by atoms with E-state index in [2.05, 4.69) is 0 Å². The summed E-state index contributed by atoms with van der Waals surface area (Å²) < 4.78 is 64.6. The van der Waals surface area contributed by atoms with Crippen LogP contribution in [0.2, 0.25) is 0 Å². The Morgan fingerprint density at radius 3 is 2.35 bits per heavy atom. The summed E-state index contributed by atoms with van der Waals surface area (Å²) in [6, 6.07) is 1.06. The van der Waals surface area contributed by atoms with E-state index in [0.29, 0.717) is 25.0 Å². The Morgan fingerprint density at radius 2 is 1.85 bits per heavy atom. The molecule has 1 saturated carbocycles. The molecule has 2 N–H and O–H groups in total. The summed E-state index contributed by atoms with van der Waals surface area (Å²) in [6.07, 6.45) is 0.593. The molecule has 0 heterocycles. The molecule has 0 bridgehead atoms. The number of carboxylic acid groups (broad SMARTS) is 1. The lowest BCUT2D eigenvalue weighted by atomic mass is 10.1. The normalized spacial score (nSPS) is 16.9. The quantitative estimate of drug-likeness (QED) is 0.802. The van der Waals surface area contributed by atoms with Gasteiger partial charge in [0.1, 0.15) is 4.90 Å². The van der Waals surface area contributed by atoms with E-state index >= 15 is 0 Å². The van der Waals surface area contributed by atoms with E-state index in [-0.39, 0.29) is 0 Å². The lowest BCUT2D eigenvalue weighted by Crippen LogP contribution is -2.34. The number of carboxylic acids is 1. The number of carbonyl (C=O) groups is 1. The lowest BCUT2D eigenvalue weighted by Gasteiger charge is -2.12. The van der Waals surface area contributed by atoms with Crippen molar-refractivity contribution < 1.29 is 31.5 Å². The van der Waals surface area contributed by atoms with Crippen LogP contribution >= 0.6 is 0 Å². The van der Waals surface area contributed by atoms with Gasteiger partial charge in [-0.3, -0.25) is 4.79 Å². The fourth-order valence-corrected chi connectivity index (χ4v) is 2.84. The molecule has 1 aliphatic carbocycles. The third-order valence-corrected chi connectivity index (χ3v) is 4.62. The number of aliphatic carboxylic acids is 1. The molecule has 1 fully saturated rings. The van der Waals surface area contributed by atoms with Crippen LogP contribution in [-0.4, -0.2) is 26.0 Å². The highest BCUT2D eigenvalue weighted by Gasteiger charge is 2.50. The first-order valence-electron chi connectivity index (χ1n) is 5.56. The third-order valence-electron chi connectivity index (χ3n) is 3.20. The van der Waals surface area contributed by atoms with E-state index in [0.717, 1.165) is 0 Å². The average Bonchev–Trinajstić information content (AvgIpc) is 3.14. The van der Waals surface area contributed by atoms with Crippen molar-refractivity contribution in [2.75, 3.05) is 6.54 Å². The maximum atomic E-state index is 13.4. The molecule has 0 saturated heterocycles. The summed E-state index contributed by atoms with van der Waals surface area (Å²) in [5.74, 6) is -6.40. The van der Waals surface area contributed by atoms with Crippen LogP contribution in [0.1, 0.15) is 12.8 Å². The molecule has 0 spiro atoms. The largest absolute Gasteiger partial charge is 0.481 e. The number of hydrogen-bond donors (Lipinski definition) is 2. The van der Waals surface area contributed by atoms with Crippen LogP contribution < -0.4 is 4.72 Å². The second-order valence-electron chi connectivity index (χ2n) is 4.58. The van der Waals surface area contributed by atoms with E-state index in [1.165, 1.54) is 0 Å². The fourth-order valence-electron chi connectivity index (χ4n) is 1.64. The molecule has 110 valence electrons. The zero-order chi connectivity index (χ0) is 15.1. The summed E-state index contributed by atoms with van der Waals surface area (Å²) in [5, 5.41) is 8.89. The zero-order valence-electron chi connectivity index (χ0n) is 9.99. The molecule has 1 aromatic rings. The number of sulfonamides is 1. The Kier molecular flexibility index (Phi) is 3.51. The molecule has 2 rings (SSSR count). The minimum atomic E-state index is -4.45. The van der Waals surface area contributed by atoms with Crippen molar-refractivity contribution in [1.29, 1.82) is 0 Å². The standard InChI is InChI=1S/C11H10F3NO4S/c12-6-1-2-7(9(14)8(6)13)20(18,19)15-5-11(3-4-11)10(16)17/h1-2,15H,3-5H2,(H,16,17). The van der Waals surface area contributed by atoms with Crippen molar-refractivity contribution in [1.82, 2.24) is 4.72 Å². The molecule has 0 unspecified atom stereocenters. The van der Waals surface area contributed by atoms with Gasteiger partial charge < -0.3 is 5.11 Å². The second-order valence-corrected chi connectivity index (χ2v) is 6.32. The highest BCUT2D eigenvalue weighted by molar-refractivity contribution is 7.89. The monoisotopic (exact) mass is 309 g/mol. The lowest BCUT2D eigenvalue weighted by molar-refractivity contribution is -0.143. The molecule has 0 radical (unpaired) electrons. The Morgan fingerprint density at radius 1 is 1.25 bits per heavy atom. The van der Waals surface area contributed by atoms with Crippen LogP contribution in [0.5, 0.6) is 0 Å². The first kappa shape index (κ1) is 14.8. The van der Waals surface area contributed by atoms with Crippen molar-refractivity contribution >= 4 is 16.0 Å². The predicted molar refractivity (Wildman–Crippen MR) is 60.8 cm³/mol. The van der Waals surface area contributed by atoms with Gasteiger partial charge in [-0.25, -0.2) is 26.3 Å².